The Morgan fingerprint density at radius 2 is 1.94 bits per heavy atom. The molecule has 4 nitrogen and oxygen atoms in total. The van der Waals surface area contributed by atoms with Crippen LogP contribution in [0.4, 0.5) is 11.4 Å². The Morgan fingerprint density at radius 1 is 1.28 bits per heavy atom. The van der Waals surface area contributed by atoms with E-state index < -0.39 is 0 Å². The third kappa shape index (κ3) is 3.47. The maximum Gasteiger partial charge on any atom is 0.250 e. The van der Waals surface area contributed by atoms with Crippen molar-refractivity contribution in [1.82, 2.24) is 0 Å². The Kier molecular flexibility index (Phi) is 4.59. The van der Waals surface area contributed by atoms with Gasteiger partial charge in [0.15, 0.2) is 0 Å². The number of hydrogen-bond donors (Lipinski definition) is 1. The monoisotopic (exact) mass is 248 g/mol. The largest absolute Gasteiger partial charge is 0.372 e. The molecule has 0 unspecified atom stereocenters. The molecule has 1 aromatic carbocycles. The number of ether oxygens (including phenoxy) is 1. The molecule has 1 aromatic rings. The maximum atomic E-state index is 11.5. The van der Waals surface area contributed by atoms with Gasteiger partial charge in [-0.15, -0.1) is 0 Å². The van der Waals surface area contributed by atoms with E-state index in [1.165, 1.54) is 18.5 Å². The summed E-state index contributed by atoms with van der Waals surface area (Å²) in [7, 11) is 0. The average Bonchev–Trinajstić information content (AvgIpc) is 2.91. The van der Waals surface area contributed by atoms with Crippen LogP contribution in [0.2, 0.25) is 0 Å². The zero-order valence-corrected chi connectivity index (χ0v) is 10.8. The van der Waals surface area contributed by atoms with Crippen LogP contribution in [-0.4, -0.2) is 32.2 Å². The highest BCUT2D eigenvalue weighted by atomic mass is 16.5. The van der Waals surface area contributed by atoms with Crippen LogP contribution in [0.15, 0.2) is 24.3 Å². The van der Waals surface area contributed by atoms with Gasteiger partial charge in [-0.2, -0.15) is 0 Å². The Morgan fingerprint density at radius 3 is 2.56 bits per heavy atom. The molecule has 0 aliphatic carbocycles. The SMILES string of the molecule is CCOCC(=O)Nc1ccc(N2CCCC2)cc1. The number of carbonyl (C=O) groups excluding carboxylic acids is 1. The van der Waals surface area contributed by atoms with E-state index in [-0.39, 0.29) is 12.5 Å². The highest BCUT2D eigenvalue weighted by molar-refractivity contribution is 5.91. The van der Waals surface area contributed by atoms with Crippen LogP contribution in [0.5, 0.6) is 0 Å². The Balaban J connectivity index is 1.88. The average molecular weight is 248 g/mol. The van der Waals surface area contributed by atoms with E-state index in [0.717, 1.165) is 18.8 Å². The molecule has 1 aliphatic heterocycles. The van der Waals surface area contributed by atoms with Gasteiger partial charge in [-0.05, 0) is 44.0 Å². The predicted molar refractivity (Wildman–Crippen MR) is 73.0 cm³/mol. The number of hydrogen-bond acceptors (Lipinski definition) is 3. The second-order valence-electron chi connectivity index (χ2n) is 4.43. The van der Waals surface area contributed by atoms with E-state index in [1.54, 1.807) is 0 Å². The van der Waals surface area contributed by atoms with Gasteiger partial charge < -0.3 is 15.0 Å². The zero-order chi connectivity index (χ0) is 12.8. The van der Waals surface area contributed by atoms with Crippen LogP contribution in [-0.2, 0) is 9.53 Å². The first-order valence-corrected chi connectivity index (χ1v) is 6.52. The minimum absolute atomic E-state index is 0.106. The molecule has 18 heavy (non-hydrogen) atoms. The fourth-order valence-electron chi connectivity index (χ4n) is 2.12. The Hall–Kier alpha value is -1.55. The van der Waals surface area contributed by atoms with Crippen molar-refractivity contribution >= 4 is 17.3 Å². The van der Waals surface area contributed by atoms with E-state index in [4.69, 9.17) is 4.74 Å². The van der Waals surface area contributed by atoms with Crippen molar-refractivity contribution in [3.05, 3.63) is 24.3 Å². The summed E-state index contributed by atoms with van der Waals surface area (Å²) >= 11 is 0. The van der Waals surface area contributed by atoms with Gasteiger partial charge in [0.1, 0.15) is 6.61 Å². The molecule has 0 radical (unpaired) electrons. The molecule has 0 bridgehead atoms. The second-order valence-corrected chi connectivity index (χ2v) is 4.43. The van der Waals surface area contributed by atoms with Crippen LogP contribution < -0.4 is 10.2 Å². The van der Waals surface area contributed by atoms with Crippen LogP contribution in [0.1, 0.15) is 19.8 Å². The molecule has 1 aliphatic rings. The summed E-state index contributed by atoms with van der Waals surface area (Å²) in [5, 5.41) is 2.81. The summed E-state index contributed by atoms with van der Waals surface area (Å²) in [5.74, 6) is -0.106. The molecule has 0 spiro atoms. The lowest BCUT2D eigenvalue weighted by Crippen LogP contribution is -2.19. The van der Waals surface area contributed by atoms with Crippen LogP contribution in [0.25, 0.3) is 0 Å². The molecular formula is C14H20N2O2. The van der Waals surface area contributed by atoms with Gasteiger partial charge >= 0.3 is 0 Å². The Bertz CT molecular complexity index is 383. The van der Waals surface area contributed by atoms with Gasteiger partial charge in [0.2, 0.25) is 5.91 Å². The number of nitrogens with one attached hydrogen (secondary N) is 1. The molecule has 0 atom stereocenters. The standard InChI is InChI=1S/C14H20N2O2/c1-2-18-11-14(17)15-12-5-7-13(8-6-12)16-9-3-4-10-16/h5-8H,2-4,9-11H2,1H3,(H,15,17). The van der Waals surface area contributed by atoms with Gasteiger partial charge in [-0.1, -0.05) is 0 Å². The van der Waals surface area contributed by atoms with Crippen LogP contribution in [0.3, 0.4) is 0 Å². The van der Waals surface area contributed by atoms with Gasteiger partial charge in [0.25, 0.3) is 0 Å². The van der Waals surface area contributed by atoms with Crippen molar-refractivity contribution in [2.45, 2.75) is 19.8 Å². The van der Waals surface area contributed by atoms with E-state index in [2.05, 4.69) is 22.3 Å². The van der Waals surface area contributed by atoms with E-state index in [1.807, 2.05) is 19.1 Å². The normalized spacial score (nSPS) is 14.8. The van der Waals surface area contributed by atoms with Gasteiger partial charge in [0, 0.05) is 31.1 Å². The minimum atomic E-state index is -0.106. The first-order valence-electron chi connectivity index (χ1n) is 6.52. The molecule has 0 aromatic heterocycles. The summed E-state index contributed by atoms with van der Waals surface area (Å²) < 4.78 is 5.05. The molecule has 1 amide bonds. The van der Waals surface area contributed by atoms with Crippen LogP contribution >= 0.6 is 0 Å². The highest BCUT2D eigenvalue weighted by Gasteiger charge is 2.11. The fraction of sp³-hybridized carbons (Fsp3) is 0.500. The maximum absolute atomic E-state index is 11.5. The number of amides is 1. The van der Waals surface area contributed by atoms with Gasteiger partial charge in [-0.3, -0.25) is 4.79 Å². The number of carbonyl (C=O) groups is 1. The highest BCUT2D eigenvalue weighted by Crippen LogP contribution is 2.21. The summed E-state index contributed by atoms with van der Waals surface area (Å²) in [4.78, 5) is 13.8. The number of rotatable bonds is 5. The molecule has 4 heteroatoms. The van der Waals surface area contributed by atoms with Gasteiger partial charge in [0.05, 0.1) is 0 Å². The van der Waals surface area contributed by atoms with Crippen molar-refractivity contribution in [1.29, 1.82) is 0 Å². The number of anilines is 2. The molecule has 2 rings (SSSR count). The summed E-state index contributed by atoms with van der Waals surface area (Å²) in [6.07, 6.45) is 2.54. The minimum Gasteiger partial charge on any atom is -0.372 e. The molecular weight excluding hydrogens is 228 g/mol. The van der Waals surface area contributed by atoms with E-state index in [9.17, 15) is 4.79 Å². The number of nitrogens with zero attached hydrogens (tertiary/aromatic N) is 1. The second kappa shape index (κ2) is 6.40. The first kappa shape index (κ1) is 12.9. The zero-order valence-electron chi connectivity index (χ0n) is 10.8. The lowest BCUT2D eigenvalue weighted by Gasteiger charge is -2.17. The van der Waals surface area contributed by atoms with Crippen molar-refractivity contribution in [3.8, 4) is 0 Å². The van der Waals surface area contributed by atoms with Crippen molar-refractivity contribution < 1.29 is 9.53 Å². The molecule has 0 saturated carbocycles. The summed E-state index contributed by atoms with van der Waals surface area (Å²) in [6, 6.07) is 8.00. The van der Waals surface area contributed by atoms with Gasteiger partial charge in [-0.25, -0.2) is 0 Å². The van der Waals surface area contributed by atoms with Crippen LogP contribution in [0, 0.1) is 0 Å². The first-order chi connectivity index (χ1) is 8.79. The molecule has 1 saturated heterocycles. The Labute approximate surface area is 108 Å². The van der Waals surface area contributed by atoms with E-state index in [0.29, 0.717) is 6.61 Å². The smallest absolute Gasteiger partial charge is 0.250 e. The van der Waals surface area contributed by atoms with Crippen molar-refractivity contribution in [2.24, 2.45) is 0 Å². The lowest BCUT2D eigenvalue weighted by atomic mass is 10.2. The lowest BCUT2D eigenvalue weighted by molar-refractivity contribution is -0.120. The molecule has 98 valence electrons. The third-order valence-electron chi connectivity index (χ3n) is 3.06. The van der Waals surface area contributed by atoms with Crippen molar-refractivity contribution in [3.63, 3.8) is 0 Å². The fourth-order valence-corrected chi connectivity index (χ4v) is 2.12. The van der Waals surface area contributed by atoms with Crippen molar-refractivity contribution in [2.75, 3.05) is 36.5 Å². The predicted octanol–water partition coefficient (Wildman–Crippen LogP) is 2.26. The molecule has 1 N–H and O–H groups in total. The molecule has 1 fully saturated rings. The quantitative estimate of drug-likeness (QED) is 0.869. The summed E-state index contributed by atoms with van der Waals surface area (Å²) in [6.45, 7) is 4.82. The summed E-state index contributed by atoms with van der Waals surface area (Å²) in [5.41, 5.74) is 2.05. The molecule has 1 heterocycles. The van der Waals surface area contributed by atoms with E-state index >= 15 is 0 Å². The topological polar surface area (TPSA) is 41.6 Å². The third-order valence-corrected chi connectivity index (χ3v) is 3.06. The number of benzene rings is 1.